The molecule has 2 atom stereocenters. The van der Waals surface area contributed by atoms with E-state index in [2.05, 4.69) is 69.6 Å². The van der Waals surface area contributed by atoms with E-state index in [1.807, 2.05) is 11.8 Å². The van der Waals surface area contributed by atoms with Crippen molar-refractivity contribution in [3.8, 4) is 0 Å². The second kappa shape index (κ2) is 7.96. The van der Waals surface area contributed by atoms with E-state index < -0.39 is 0 Å². The van der Waals surface area contributed by atoms with Gasteiger partial charge >= 0.3 is 0 Å². The van der Waals surface area contributed by atoms with Crippen molar-refractivity contribution < 1.29 is 0 Å². The third-order valence-corrected chi connectivity index (χ3v) is 4.08. The molecule has 1 rings (SSSR count). The maximum atomic E-state index is 3.76. The number of nitrogens with one attached hydrogen (secondary N) is 1. The van der Waals surface area contributed by atoms with E-state index in [-0.39, 0.29) is 0 Å². The second-order valence-electron chi connectivity index (χ2n) is 6.70. The first-order valence-corrected chi connectivity index (χ1v) is 8.59. The van der Waals surface area contributed by atoms with Gasteiger partial charge in [-0.2, -0.15) is 11.8 Å². The maximum Gasteiger partial charge on any atom is 0.0325 e. The van der Waals surface area contributed by atoms with Crippen molar-refractivity contribution in [2.45, 2.75) is 40.2 Å². The first kappa shape index (κ1) is 16.6. The lowest BCUT2D eigenvalue weighted by Gasteiger charge is -2.28. The van der Waals surface area contributed by atoms with E-state index in [9.17, 15) is 0 Å². The van der Waals surface area contributed by atoms with Crippen molar-refractivity contribution in [1.29, 1.82) is 0 Å². The molecule has 1 aromatic rings. The normalized spacial score (nSPS) is 15.2. The summed E-state index contributed by atoms with van der Waals surface area (Å²) in [7, 11) is 0. The van der Waals surface area contributed by atoms with Crippen LogP contribution in [-0.2, 0) is 0 Å². The van der Waals surface area contributed by atoms with E-state index >= 15 is 0 Å². The van der Waals surface area contributed by atoms with E-state index in [1.165, 1.54) is 17.7 Å². The Morgan fingerprint density at radius 1 is 1.16 bits per heavy atom. The monoisotopic (exact) mass is 279 g/mol. The van der Waals surface area contributed by atoms with E-state index in [1.54, 1.807) is 0 Å². The molecule has 0 aromatic heterocycles. The molecule has 1 N–H and O–H groups in total. The highest BCUT2D eigenvalue weighted by Crippen LogP contribution is 2.29. The zero-order valence-electron chi connectivity index (χ0n) is 13.1. The predicted molar refractivity (Wildman–Crippen MR) is 88.8 cm³/mol. The predicted octanol–water partition coefficient (Wildman–Crippen LogP) is 4.75. The Morgan fingerprint density at radius 3 is 2.32 bits per heavy atom. The zero-order valence-corrected chi connectivity index (χ0v) is 13.9. The molecular weight excluding hydrogens is 250 g/mol. The molecule has 0 amide bonds. The fraction of sp³-hybridized carbons (Fsp3) is 0.647. The van der Waals surface area contributed by atoms with E-state index in [0.717, 1.165) is 12.5 Å². The minimum atomic E-state index is 0.344. The summed E-state index contributed by atoms with van der Waals surface area (Å²) in [6.45, 7) is 10.4. The lowest BCUT2D eigenvalue weighted by Crippen LogP contribution is -2.30. The number of benzene rings is 1. The summed E-state index contributed by atoms with van der Waals surface area (Å²) in [5.41, 5.74) is 1.75. The van der Waals surface area contributed by atoms with Crippen molar-refractivity contribution in [3.63, 3.8) is 0 Å². The average molecular weight is 279 g/mol. The van der Waals surface area contributed by atoms with Crippen LogP contribution in [0, 0.1) is 11.3 Å². The standard InChI is InChI=1S/C17H29NS/c1-14(13-19-5)12-18-16(11-17(2,3)4)15-9-7-6-8-10-15/h6-10,14,16,18H,11-13H2,1-5H3. The number of rotatable bonds is 7. The van der Waals surface area contributed by atoms with Gasteiger partial charge in [-0.05, 0) is 41.9 Å². The van der Waals surface area contributed by atoms with Crippen molar-refractivity contribution in [3.05, 3.63) is 35.9 Å². The first-order valence-electron chi connectivity index (χ1n) is 7.19. The topological polar surface area (TPSA) is 12.0 Å². The number of thioether (sulfide) groups is 1. The van der Waals surface area contributed by atoms with E-state index in [4.69, 9.17) is 0 Å². The van der Waals surface area contributed by atoms with Gasteiger partial charge in [0.1, 0.15) is 0 Å². The Hall–Kier alpha value is -0.470. The van der Waals surface area contributed by atoms with Gasteiger partial charge in [-0.25, -0.2) is 0 Å². The van der Waals surface area contributed by atoms with Gasteiger partial charge in [-0.3, -0.25) is 0 Å². The molecule has 0 radical (unpaired) electrons. The van der Waals surface area contributed by atoms with Gasteiger partial charge in [-0.15, -0.1) is 0 Å². The van der Waals surface area contributed by atoms with Crippen LogP contribution in [0.3, 0.4) is 0 Å². The molecule has 0 aliphatic rings. The Kier molecular flexibility index (Phi) is 6.95. The highest BCUT2D eigenvalue weighted by atomic mass is 32.2. The highest BCUT2D eigenvalue weighted by molar-refractivity contribution is 7.98. The van der Waals surface area contributed by atoms with Crippen molar-refractivity contribution in [2.24, 2.45) is 11.3 Å². The lowest BCUT2D eigenvalue weighted by molar-refractivity contribution is 0.305. The summed E-state index contributed by atoms with van der Waals surface area (Å²) in [4.78, 5) is 0. The molecule has 0 fully saturated rings. The molecule has 0 aliphatic carbocycles. The van der Waals surface area contributed by atoms with Crippen LogP contribution < -0.4 is 5.32 Å². The van der Waals surface area contributed by atoms with Gasteiger partial charge in [0.15, 0.2) is 0 Å². The van der Waals surface area contributed by atoms with Gasteiger partial charge in [-0.1, -0.05) is 58.0 Å². The molecule has 0 heterocycles. The fourth-order valence-electron chi connectivity index (χ4n) is 2.29. The van der Waals surface area contributed by atoms with Crippen molar-refractivity contribution in [2.75, 3.05) is 18.6 Å². The van der Waals surface area contributed by atoms with Gasteiger partial charge in [0, 0.05) is 6.04 Å². The largest absolute Gasteiger partial charge is 0.310 e. The highest BCUT2D eigenvalue weighted by Gasteiger charge is 2.20. The third kappa shape index (κ3) is 7.03. The third-order valence-electron chi connectivity index (χ3n) is 3.18. The van der Waals surface area contributed by atoms with Gasteiger partial charge in [0.2, 0.25) is 0 Å². The Labute approximate surface area is 123 Å². The first-order chi connectivity index (χ1) is 8.92. The summed E-state index contributed by atoms with van der Waals surface area (Å²) in [5, 5.41) is 3.76. The molecular formula is C17H29NS. The molecule has 2 heteroatoms. The van der Waals surface area contributed by atoms with Crippen LogP contribution in [0.1, 0.15) is 45.7 Å². The minimum absolute atomic E-state index is 0.344. The summed E-state index contributed by atoms with van der Waals surface area (Å²) in [5.74, 6) is 1.95. The van der Waals surface area contributed by atoms with Crippen LogP contribution in [0.5, 0.6) is 0 Å². The molecule has 0 spiro atoms. The Morgan fingerprint density at radius 2 is 1.79 bits per heavy atom. The molecule has 0 aliphatic heterocycles. The van der Waals surface area contributed by atoms with Crippen LogP contribution in [0.25, 0.3) is 0 Å². The molecule has 108 valence electrons. The Bertz CT molecular complexity index is 342. The molecule has 1 aromatic carbocycles. The summed E-state index contributed by atoms with van der Waals surface area (Å²) >= 11 is 1.93. The minimum Gasteiger partial charge on any atom is -0.310 e. The average Bonchev–Trinajstić information content (AvgIpc) is 2.34. The van der Waals surface area contributed by atoms with Crippen molar-refractivity contribution in [1.82, 2.24) is 5.32 Å². The smallest absolute Gasteiger partial charge is 0.0325 e. The van der Waals surface area contributed by atoms with Crippen LogP contribution in [0.4, 0.5) is 0 Å². The summed E-state index contributed by atoms with van der Waals surface area (Å²) < 4.78 is 0. The molecule has 1 nitrogen and oxygen atoms in total. The van der Waals surface area contributed by atoms with E-state index in [0.29, 0.717) is 11.5 Å². The summed E-state index contributed by atoms with van der Waals surface area (Å²) in [6.07, 6.45) is 3.35. The van der Waals surface area contributed by atoms with Crippen LogP contribution in [0.15, 0.2) is 30.3 Å². The van der Waals surface area contributed by atoms with Crippen LogP contribution in [-0.4, -0.2) is 18.6 Å². The van der Waals surface area contributed by atoms with Gasteiger partial charge < -0.3 is 5.32 Å². The maximum absolute atomic E-state index is 3.76. The van der Waals surface area contributed by atoms with Crippen LogP contribution >= 0.6 is 11.8 Å². The SMILES string of the molecule is CSCC(C)CNC(CC(C)(C)C)c1ccccc1. The fourth-order valence-corrected chi connectivity index (χ4v) is 2.98. The van der Waals surface area contributed by atoms with Crippen molar-refractivity contribution >= 4 is 11.8 Å². The number of hydrogen-bond acceptors (Lipinski definition) is 2. The molecule has 19 heavy (non-hydrogen) atoms. The Balaban J connectivity index is 2.65. The molecule has 2 unspecified atom stereocenters. The van der Waals surface area contributed by atoms with Gasteiger partial charge in [0.25, 0.3) is 0 Å². The quantitative estimate of drug-likeness (QED) is 0.773. The molecule has 0 saturated carbocycles. The van der Waals surface area contributed by atoms with Crippen LogP contribution in [0.2, 0.25) is 0 Å². The number of hydrogen-bond donors (Lipinski definition) is 1. The van der Waals surface area contributed by atoms with Gasteiger partial charge in [0.05, 0.1) is 0 Å². The second-order valence-corrected chi connectivity index (χ2v) is 7.61. The lowest BCUT2D eigenvalue weighted by atomic mass is 9.85. The molecule has 0 bridgehead atoms. The molecule has 0 saturated heterocycles. The zero-order chi connectivity index (χ0) is 14.3. The summed E-state index contributed by atoms with van der Waals surface area (Å²) in [6, 6.07) is 11.3.